The van der Waals surface area contributed by atoms with Crippen molar-refractivity contribution in [1.82, 2.24) is 10.2 Å². The Morgan fingerprint density at radius 2 is 2.12 bits per heavy atom. The van der Waals surface area contributed by atoms with E-state index < -0.39 is 0 Å². The fourth-order valence-corrected chi connectivity index (χ4v) is 2.95. The molecule has 134 valence electrons. The first-order valence-electron chi connectivity index (χ1n) is 8.90. The molecule has 2 unspecified atom stereocenters. The van der Waals surface area contributed by atoms with Gasteiger partial charge in [0.25, 0.3) is 0 Å². The summed E-state index contributed by atoms with van der Waals surface area (Å²) < 4.78 is 11.2. The molecular formula is C19H30N2O3. The van der Waals surface area contributed by atoms with E-state index in [4.69, 9.17) is 9.47 Å². The number of amides is 1. The van der Waals surface area contributed by atoms with Crippen molar-refractivity contribution in [2.24, 2.45) is 5.92 Å². The van der Waals surface area contributed by atoms with Crippen LogP contribution in [0.4, 0.5) is 4.79 Å². The molecule has 5 nitrogen and oxygen atoms in total. The fourth-order valence-electron chi connectivity index (χ4n) is 2.95. The Hall–Kier alpha value is -1.59. The third-order valence-electron chi connectivity index (χ3n) is 4.45. The van der Waals surface area contributed by atoms with E-state index >= 15 is 0 Å². The molecular weight excluding hydrogens is 304 g/mol. The Morgan fingerprint density at radius 3 is 2.79 bits per heavy atom. The molecule has 1 saturated heterocycles. The van der Waals surface area contributed by atoms with Crippen LogP contribution in [0.2, 0.25) is 0 Å². The number of ether oxygens (including phenoxy) is 2. The maximum Gasteiger partial charge on any atom is 0.410 e. The minimum atomic E-state index is -0.261. The van der Waals surface area contributed by atoms with Crippen LogP contribution in [0.15, 0.2) is 30.3 Å². The van der Waals surface area contributed by atoms with E-state index in [1.807, 2.05) is 30.3 Å². The van der Waals surface area contributed by atoms with E-state index in [1.165, 1.54) is 0 Å². The lowest BCUT2D eigenvalue weighted by molar-refractivity contribution is -0.0285. The first-order valence-corrected chi connectivity index (χ1v) is 8.90. The van der Waals surface area contributed by atoms with Crippen LogP contribution in [0.25, 0.3) is 0 Å². The first kappa shape index (κ1) is 18.7. The van der Waals surface area contributed by atoms with Crippen LogP contribution >= 0.6 is 0 Å². The van der Waals surface area contributed by atoms with Gasteiger partial charge >= 0.3 is 6.09 Å². The van der Waals surface area contributed by atoms with Gasteiger partial charge in [-0.05, 0) is 17.9 Å². The largest absolute Gasteiger partial charge is 0.445 e. The molecule has 0 bridgehead atoms. The zero-order valence-electron chi connectivity index (χ0n) is 15.0. The van der Waals surface area contributed by atoms with E-state index in [9.17, 15) is 4.79 Å². The van der Waals surface area contributed by atoms with Gasteiger partial charge in [0, 0.05) is 19.1 Å². The fraction of sp³-hybridized carbons (Fsp3) is 0.632. The molecule has 1 heterocycles. The van der Waals surface area contributed by atoms with Gasteiger partial charge in [-0.3, -0.25) is 0 Å². The molecule has 2 atom stereocenters. The van der Waals surface area contributed by atoms with Gasteiger partial charge in [-0.15, -0.1) is 0 Å². The van der Waals surface area contributed by atoms with Crippen LogP contribution in [0, 0.1) is 5.92 Å². The molecule has 0 aliphatic carbocycles. The van der Waals surface area contributed by atoms with Gasteiger partial charge in [0.1, 0.15) is 6.61 Å². The molecule has 1 aliphatic heterocycles. The average Bonchev–Trinajstić information content (AvgIpc) is 2.61. The molecule has 1 aliphatic rings. The normalized spacial score (nSPS) is 19.3. The Balaban J connectivity index is 1.76. The van der Waals surface area contributed by atoms with Crippen molar-refractivity contribution in [2.75, 3.05) is 26.2 Å². The Kier molecular flexibility index (Phi) is 7.53. The van der Waals surface area contributed by atoms with E-state index in [0.29, 0.717) is 38.3 Å². The second kappa shape index (κ2) is 9.64. The summed E-state index contributed by atoms with van der Waals surface area (Å²) in [5.74, 6) is 0.588. The number of carbonyl (C=O) groups excluding carboxylic acids is 1. The Morgan fingerprint density at radius 1 is 1.38 bits per heavy atom. The molecule has 24 heavy (non-hydrogen) atoms. The van der Waals surface area contributed by atoms with Crippen molar-refractivity contribution in [3.63, 3.8) is 0 Å². The number of benzene rings is 1. The third-order valence-corrected chi connectivity index (χ3v) is 4.45. The standard InChI is InChI=1S/C19H30N2O3/c1-4-18(15(2)3)20-12-17-13-21(10-11-23-17)19(22)24-14-16-8-6-5-7-9-16/h5-9,15,17-18,20H,4,10-14H2,1-3H3. The van der Waals surface area contributed by atoms with Crippen LogP contribution < -0.4 is 5.32 Å². The number of morpholine rings is 1. The number of nitrogens with zero attached hydrogens (tertiary/aromatic N) is 1. The van der Waals surface area contributed by atoms with Gasteiger partial charge in [-0.1, -0.05) is 51.1 Å². The highest BCUT2D eigenvalue weighted by Gasteiger charge is 2.26. The van der Waals surface area contributed by atoms with Gasteiger partial charge in [0.2, 0.25) is 0 Å². The molecule has 0 aromatic heterocycles. The summed E-state index contributed by atoms with van der Waals surface area (Å²) in [4.78, 5) is 14.0. The van der Waals surface area contributed by atoms with Crippen molar-refractivity contribution in [3.05, 3.63) is 35.9 Å². The van der Waals surface area contributed by atoms with E-state index in [0.717, 1.165) is 18.5 Å². The molecule has 0 spiro atoms. The van der Waals surface area contributed by atoms with Crippen molar-refractivity contribution in [1.29, 1.82) is 0 Å². The lowest BCUT2D eigenvalue weighted by Crippen LogP contribution is -2.50. The highest BCUT2D eigenvalue weighted by atomic mass is 16.6. The van der Waals surface area contributed by atoms with E-state index in [2.05, 4.69) is 26.1 Å². The van der Waals surface area contributed by atoms with Crippen LogP contribution in [0.3, 0.4) is 0 Å². The Bertz CT molecular complexity index is 493. The summed E-state index contributed by atoms with van der Waals surface area (Å²) in [6.45, 7) is 9.43. The minimum absolute atomic E-state index is 0.0239. The van der Waals surface area contributed by atoms with E-state index in [-0.39, 0.29) is 12.2 Å². The highest BCUT2D eigenvalue weighted by Crippen LogP contribution is 2.10. The molecule has 0 radical (unpaired) electrons. The molecule has 1 N–H and O–H groups in total. The minimum Gasteiger partial charge on any atom is -0.445 e. The van der Waals surface area contributed by atoms with Crippen LogP contribution in [-0.4, -0.2) is 49.4 Å². The van der Waals surface area contributed by atoms with Gasteiger partial charge in [-0.25, -0.2) is 4.79 Å². The molecule has 1 aromatic rings. The zero-order valence-corrected chi connectivity index (χ0v) is 15.0. The number of hydrogen-bond acceptors (Lipinski definition) is 4. The monoisotopic (exact) mass is 334 g/mol. The lowest BCUT2D eigenvalue weighted by Gasteiger charge is -2.33. The maximum atomic E-state index is 12.2. The molecule has 1 fully saturated rings. The van der Waals surface area contributed by atoms with Crippen molar-refractivity contribution < 1.29 is 14.3 Å². The predicted molar refractivity (Wildman–Crippen MR) is 94.9 cm³/mol. The molecule has 2 rings (SSSR count). The number of nitrogens with one attached hydrogen (secondary N) is 1. The van der Waals surface area contributed by atoms with Crippen LogP contribution in [0.5, 0.6) is 0 Å². The second-order valence-electron chi connectivity index (χ2n) is 6.65. The molecule has 5 heteroatoms. The van der Waals surface area contributed by atoms with Gasteiger partial charge in [-0.2, -0.15) is 0 Å². The summed E-state index contributed by atoms with van der Waals surface area (Å²) >= 11 is 0. The van der Waals surface area contributed by atoms with Crippen LogP contribution in [-0.2, 0) is 16.1 Å². The smallest absolute Gasteiger partial charge is 0.410 e. The van der Waals surface area contributed by atoms with Crippen LogP contribution in [0.1, 0.15) is 32.8 Å². The van der Waals surface area contributed by atoms with Crippen molar-refractivity contribution >= 4 is 6.09 Å². The maximum absolute atomic E-state index is 12.2. The van der Waals surface area contributed by atoms with Crippen molar-refractivity contribution in [2.45, 2.75) is 45.9 Å². The van der Waals surface area contributed by atoms with E-state index in [1.54, 1.807) is 4.90 Å². The van der Waals surface area contributed by atoms with Crippen molar-refractivity contribution in [3.8, 4) is 0 Å². The summed E-state index contributed by atoms with van der Waals surface area (Å²) in [5.41, 5.74) is 1.00. The van der Waals surface area contributed by atoms with Gasteiger partial charge < -0.3 is 19.7 Å². The lowest BCUT2D eigenvalue weighted by atomic mass is 10.0. The number of hydrogen-bond donors (Lipinski definition) is 1. The third kappa shape index (κ3) is 5.80. The number of rotatable bonds is 7. The summed E-state index contributed by atoms with van der Waals surface area (Å²) in [7, 11) is 0. The molecule has 1 amide bonds. The second-order valence-corrected chi connectivity index (χ2v) is 6.65. The summed E-state index contributed by atoms with van der Waals surface area (Å²) in [5, 5.41) is 3.55. The zero-order chi connectivity index (χ0) is 17.4. The van der Waals surface area contributed by atoms with Gasteiger partial charge in [0.05, 0.1) is 19.3 Å². The topological polar surface area (TPSA) is 50.8 Å². The first-order chi connectivity index (χ1) is 11.6. The predicted octanol–water partition coefficient (Wildman–Crippen LogP) is 3.05. The average molecular weight is 334 g/mol. The SMILES string of the molecule is CCC(NCC1CN(C(=O)OCc2ccccc2)CCO1)C(C)C. The molecule has 0 saturated carbocycles. The van der Waals surface area contributed by atoms with Gasteiger partial charge in [0.15, 0.2) is 0 Å². The summed E-state index contributed by atoms with van der Waals surface area (Å²) in [6, 6.07) is 10.2. The summed E-state index contributed by atoms with van der Waals surface area (Å²) in [6.07, 6.45) is 0.853. The quantitative estimate of drug-likeness (QED) is 0.833. The highest BCUT2D eigenvalue weighted by molar-refractivity contribution is 5.67. The molecule has 1 aromatic carbocycles. The number of carbonyl (C=O) groups is 1. The Labute approximate surface area is 145 Å².